The zero-order valence-corrected chi connectivity index (χ0v) is 25.9. The van der Waals surface area contributed by atoms with Gasteiger partial charge in [-0.05, 0) is 67.1 Å². The Morgan fingerprint density at radius 1 is 1.02 bits per heavy atom. The van der Waals surface area contributed by atoms with Crippen molar-refractivity contribution >= 4 is 28.4 Å². The number of aromatic nitrogens is 4. The van der Waals surface area contributed by atoms with E-state index in [0.29, 0.717) is 33.7 Å². The number of aliphatic hydroxyl groups is 1. The summed E-state index contributed by atoms with van der Waals surface area (Å²) in [7, 11) is 1.59. The molecule has 1 amide bonds. The number of ether oxygens (including phenoxy) is 2. The molecule has 0 spiro atoms. The average Bonchev–Trinajstić information content (AvgIpc) is 3.43. The maximum Gasteiger partial charge on any atom is 0.321 e. The minimum atomic E-state index is -0.781. The molecule has 1 atom stereocenters. The second kappa shape index (κ2) is 13.7. The van der Waals surface area contributed by atoms with Crippen LogP contribution < -0.4 is 24.8 Å². The molecule has 13 heteroatoms. The number of benzene rings is 3. The van der Waals surface area contributed by atoms with Crippen molar-refractivity contribution in [2.45, 2.75) is 19.5 Å². The number of fused-ring (bicyclic) bond motifs is 1. The molecule has 3 aromatic heterocycles. The molecule has 3 N–H and O–H groups in total. The standard InChI is InChI=1S/C35H30F2N6O5/c1-21(20-44)39-33-32-31(16-17-38-34(32)42(41-33)19-22-6-13-26(47-2)14-7-22)48-30-15-12-25(18-27(30)37)40-35(45)29-5-3-4-28(43(29)46)23-8-10-24(36)11-9-23/h3-18,21,44H,19-20H2,1-2H3,(H,39,41)(H,40,45). The Labute approximate surface area is 273 Å². The molecule has 11 nitrogen and oxygen atoms in total. The molecule has 48 heavy (non-hydrogen) atoms. The first-order valence-corrected chi connectivity index (χ1v) is 14.9. The highest BCUT2D eigenvalue weighted by Crippen LogP contribution is 2.36. The van der Waals surface area contributed by atoms with E-state index >= 15 is 4.39 Å². The second-order valence-corrected chi connectivity index (χ2v) is 10.9. The largest absolute Gasteiger partial charge is 0.618 e. The van der Waals surface area contributed by atoms with Gasteiger partial charge in [0.1, 0.15) is 22.7 Å². The lowest BCUT2D eigenvalue weighted by molar-refractivity contribution is -0.595. The van der Waals surface area contributed by atoms with Gasteiger partial charge in [0.15, 0.2) is 23.0 Å². The van der Waals surface area contributed by atoms with Gasteiger partial charge >= 0.3 is 5.91 Å². The predicted octanol–water partition coefficient (Wildman–Crippen LogP) is 5.90. The van der Waals surface area contributed by atoms with Crippen LogP contribution >= 0.6 is 0 Å². The van der Waals surface area contributed by atoms with Gasteiger partial charge in [0.2, 0.25) is 5.69 Å². The van der Waals surface area contributed by atoms with Gasteiger partial charge in [-0.1, -0.05) is 12.1 Å². The maximum absolute atomic E-state index is 15.4. The van der Waals surface area contributed by atoms with Crippen molar-refractivity contribution < 1.29 is 32.9 Å². The summed E-state index contributed by atoms with van der Waals surface area (Å²) >= 11 is 0. The minimum absolute atomic E-state index is 0.0864. The van der Waals surface area contributed by atoms with Crippen LogP contribution in [0.25, 0.3) is 22.3 Å². The molecule has 3 aromatic carbocycles. The number of hydrogen-bond acceptors (Lipinski definition) is 8. The SMILES string of the molecule is COc1ccc(Cn2nc(NC(C)CO)c3c(Oc4ccc(NC(=O)c5cccc(-c6ccc(F)cc6)[n+]5[O-])cc4F)ccnc32)cc1. The lowest BCUT2D eigenvalue weighted by Gasteiger charge is -2.13. The van der Waals surface area contributed by atoms with Gasteiger partial charge in [-0.25, -0.2) is 18.4 Å². The maximum atomic E-state index is 15.4. The van der Waals surface area contributed by atoms with Crippen molar-refractivity contribution in [1.29, 1.82) is 0 Å². The van der Waals surface area contributed by atoms with Crippen LogP contribution in [0.5, 0.6) is 17.2 Å². The summed E-state index contributed by atoms with van der Waals surface area (Å²) in [5.74, 6) is -0.777. The van der Waals surface area contributed by atoms with Gasteiger partial charge in [-0.2, -0.15) is 9.83 Å². The average molecular weight is 653 g/mol. The molecule has 1 unspecified atom stereocenters. The highest BCUT2D eigenvalue weighted by atomic mass is 19.1. The number of nitrogens with zero attached hydrogens (tertiary/aromatic N) is 4. The van der Waals surface area contributed by atoms with Crippen LogP contribution in [0.1, 0.15) is 23.0 Å². The fourth-order valence-electron chi connectivity index (χ4n) is 5.02. The molecule has 0 aliphatic rings. The number of methoxy groups -OCH3 is 1. The quantitative estimate of drug-likeness (QED) is 0.116. The van der Waals surface area contributed by atoms with Crippen LogP contribution in [-0.2, 0) is 6.54 Å². The third kappa shape index (κ3) is 6.71. The Kier molecular flexibility index (Phi) is 9.12. The third-order valence-electron chi connectivity index (χ3n) is 7.47. The Morgan fingerprint density at radius 3 is 2.50 bits per heavy atom. The van der Waals surface area contributed by atoms with Gasteiger partial charge in [0, 0.05) is 47.8 Å². The molecular formula is C35H30F2N6O5. The normalized spacial score (nSPS) is 11.7. The van der Waals surface area contributed by atoms with E-state index in [4.69, 9.17) is 9.47 Å². The van der Waals surface area contributed by atoms with E-state index in [1.54, 1.807) is 24.8 Å². The van der Waals surface area contributed by atoms with Gasteiger partial charge < -0.3 is 30.4 Å². The molecule has 0 aliphatic heterocycles. The number of hydrogen-bond donors (Lipinski definition) is 3. The molecule has 6 aromatic rings. The van der Waals surface area contributed by atoms with Gasteiger partial charge in [0.05, 0.1) is 20.3 Å². The van der Waals surface area contributed by atoms with E-state index in [1.807, 2.05) is 24.3 Å². The van der Waals surface area contributed by atoms with E-state index < -0.39 is 17.5 Å². The van der Waals surface area contributed by atoms with Crippen molar-refractivity contribution in [3.8, 4) is 28.5 Å². The van der Waals surface area contributed by atoms with E-state index in [1.165, 1.54) is 60.8 Å². The Hall–Kier alpha value is -6.08. The summed E-state index contributed by atoms with van der Waals surface area (Å²) in [5, 5.41) is 33.5. The first-order valence-electron chi connectivity index (χ1n) is 14.9. The zero-order valence-electron chi connectivity index (χ0n) is 25.9. The Bertz CT molecular complexity index is 2090. The molecule has 0 saturated heterocycles. The molecule has 0 saturated carbocycles. The van der Waals surface area contributed by atoms with Gasteiger partial charge in [0.25, 0.3) is 5.69 Å². The number of amides is 1. The topological polar surface area (TPSA) is 137 Å². The van der Waals surface area contributed by atoms with E-state index in [0.717, 1.165) is 17.4 Å². The third-order valence-corrected chi connectivity index (χ3v) is 7.47. The van der Waals surface area contributed by atoms with Crippen LogP contribution in [-0.4, -0.2) is 45.5 Å². The highest BCUT2D eigenvalue weighted by molar-refractivity contribution is 6.02. The van der Waals surface area contributed by atoms with E-state index in [9.17, 15) is 19.5 Å². The predicted molar refractivity (Wildman–Crippen MR) is 175 cm³/mol. The highest BCUT2D eigenvalue weighted by Gasteiger charge is 2.22. The second-order valence-electron chi connectivity index (χ2n) is 10.9. The van der Waals surface area contributed by atoms with Crippen molar-refractivity contribution in [1.82, 2.24) is 14.8 Å². The van der Waals surface area contributed by atoms with Crippen LogP contribution in [0.3, 0.4) is 0 Å². The van der Waals surface area contributed by atoms with Crippen molar-refractivity contribution in [2.75, 3.05) is 24.4 Å². The Morgan fingerprint density at radius 2 is 1.79 bits per heavy atom. The number of halogens is 2. The number of rotatable bonds is 11. The number of carbonyl (C=O) groups excluding carboxylic acids is 1. The summed E-state index contributed by atoms with van der Waals surface area (Å²) in [4.78, 5) is 17.5. The zero-order chi connectivity index (χ0) is 33.8. The van der Waals surface area contributed by atoms with E-state index in [-0.39, 0.29) is 41.2 Å². The minimum Gasteiger partial charge on any atom is -0.618 e. The van der Waals surface area contributed by atoms with Crippen molar-refractivity contribution in [3.63, 3.8) is 0 Å². The summed E-state index contributed by atoms with van der Waals surface area (Å²) in [6.07, 6.45) is 1.52. The van der Waals surface area contributed by atoms with Gasteiger partial charge in [-0.15, -0.1) is 0 Å². The van der Waals surface area contributed by atoms with Crippen LogP contribution in [0, 0.1) is 16.8 Å². The number of nitrogens with one attached hydrogen (secondary N) is 2. The first-order chi connectivity index (χ1) is 23.2. The monoisotopic (exact) mass is 652 g/mol. The molecule has 3 heterocycles. The lowest BCUT2D eigenvalue weighted by atomic mass is 10.1. The number of anilines is 2. The molecule has 244 valence electrons. The van der Waals surface area contributed by atoms with Gasteiger partial charge in [-0.3, -0.25) is 4.79 Å². The summed E-state index contributed by atoms with van der Waals surface area (Å²) < 4.78 is 42.2. The fourth-order valence-corrected chi connectivity index (χ4v) is 5.02. The van der Waals surface area contributed by atoms with E-state index in [2.05, 4.69) is 20.7 Å². The number of carbonyl (C=O) groups is 1. The fraction of sp³-hybridized carbons (Fsp3) is 0.143. The molecule has 0 radical (unpaired) electrons. The van der Waals surface area contributed by atoms with Crippen LogP contribution in [0.4, 0.5) is 20.3 Å². The summed E-state index contributed by atoms with van der Waals surface area (Å²) in [6.45, 7) is 1.99. The van der Waals surface area contributed by atoms with Crippen molar-refractivity contribution in [3.05, 3.63) is 125 Å². The molecular weight excluding hydrogens is 622 g/mol. The number of aliphatic hydroxyl groups excluding tert-OH is 1. The molecule has 6 rings (SSSR count). The van der Waals surface area contributed by atoms with Crippen LogP contribution in [0.2, 0.25) is 0 Å². The van der Waals surface area contributed by atoms with Crippen LogP contribution in [0.15, 0.2) is 97.2 Å². The molecule has 0 fully saturated rings. The summed E-state index contributed by atoms with van der Waals surface area (Å²) in [6, 6.07) is 22.2. The molecule has 0 aliphatic carbocycles. The molecule has 0 bridgehead atoms. The smallest absolute Gasteiger partial charge is 0.321 e. The lowest BCUT2D eigenvalue weighted by Crippen LogP contribution is -2.38. The Balaban J connectivity index is 1.25. The summed E-state index contributed by atoms with van der Waals surface area (Å²) in [5.41, 5.74) is 1.83. The van der Waals surface area contributed by atoms with Crippen molar-refractivity contribution in [2.24, 2.45) is 0 Å². The number of pyridine rings is 2. The first kappa shape index (κ1) is 31.9.